The minimum Gasteiger partial charge on any atom is -0.497 e. The molecule has 1 aliphatic heterocycles. The zero-order valence-corrected chi connectivity index (χ0v) is 18.0. The van der Waals surface area contributed by atoms with Crippen LogP contribution in [-0.4, -0.2) is 87.2 Å². The minimum absolute atomic E-state index is 0.123. The van der Waals surface area contributed by atoms with Crippen molar-refractivity contribution in [3.63, 3.8) is 0 Å². The molecule has 0 radical (unpaired) electrons. The summed E-state index contributed by atoms with van der Waals surface area (Å²) in [5, 5.41) is 10.3. The van der Waals surface area contributed by atoms with Crippen LogP contribution in [0.15, 0.2) is 29.2 Å². The topological polar surface area (TPSA) is 116 Å². The van der Waals surface area contributed by atoms with Crippen molar-refractivity contribution in [1.29, 1.82) is 0 Å². The average Bonchev–Trinajstić information content (AvgIpc) is 2.73. The molecule has 0 saturated carbocycles. The molecule has 31 heavy (non-hydrogen) atoms. The van der Waals surface area contributed by atoms with Gasteiger partial charge in [-0.05, 0) is 30.7 Å². The van der Waals surface area contributed by atoms with E-state index >= 15 is 0 Å². The van der Waals surface area contributed by atoms with Gasteiger partial charge in [0.15, 0.2) is 0 Å². The zero-order chi connectivity index (χ0) is 23.7. The summed E-state index contributed by atoms with van der Waals surface area (Å²) in [6, 6.07) is 6.22. The highest BCUT2D eigenvalue weighted by molar-refractivity contribution is 7.89. The Balaban J connectivity index is 0.000000592. The first-order chi connectivity index (χ1) is 14.4. The Hall–Kier alpha value is -2.38. The van der Waals surface area contributed by atoms with Gasteiger partial charge in [0.25, 0.3) is 0 Å². The van der Waals surface area contributed by atoms with Crippen LogP contribution in [0.1, 0.15) is 13.3 Å². The maximum Gasteiger partial charge on any atom is 0.490 e. The molecule has 1 aromatic carbocycles. The van der Waals surface area contributed by atoms with E-state index in [9.17, 15) is 26.4 Å². The SMILES string of the molecule is CCCN(CC(=O)N1CCNCC1)S(=O)(=O)c1ccc(OC)cc1.O=C(O)C(F)(F)F. The van der Waals surface area contributed by atoms with Crippen LogP contribution >= 0.6 is 0 Å². The molecule has 0 spiro atoms. The molecule has 2 N–H and O–H groups in total. The van der Waals surface area contributed by atoms with Gasteiger partial charge in [-0.1, -0.05) is 6.92 Å². The van der Waals surface area contributed by atoms with E-state index in [1.54, 1.807) is 17.0 Å². The third-order valence-corrected chi connectivity index (χ3v) is 6.05. The normalized spacial score (nSPS) is 14.6. The van der Waals surface area contributed by atoms with E-state index in [1.165, 1.54) is 23.5 Å². The largest absolute Gasteiger partial charge is 0.497 e. The number of benzene rings is 1. The number of alkyl halides is 3. The van der Waals surface area contributed by atoms with E-state index in [4.69, 9.17) is 14.6 Å². The molecule has 9 nitrogen and oxygen atoms in total. The number of ether oxygens (including phenoxy) is 1. The summed E-state index contributed by atoms with van der Waals surface area (Å²) in [6.45, 7) is 4.79. The van der Waals surface area contributed by atoms with Crippen molar-refractivity contribution in [1.82, 2.24) is 14.5 Å². The number of hydrogen-bond acceptors (Lipinski definition) is 6. The Kier molecular flexibility index (Phi) is 10.2. The summed E-state index contributed by atoms with van der Waals surface area (Å²) < 4.78 is 63.7. The van der Waals surface area contributed by atoms with Crippen LogP contribution in [0.5, 0.6) is 5.75 Å². The molecule has 13 heteroatoms. The van der Waals surface area contributed by atoms with Gasteiger partial charge < -0.3 is 20.1 Å². The van der Waals surface area contributed by atoms with E-state index in [0.29, 0.717) is 31.8 Å². The number of halogens is 3. The maximum absolute atomic E-state index is 12.8. The Morgan fingerprint density at radius 3 is 2.13 bits per heavy atom. The second kappa shape index (κ2) is 11.9. The number of carboxylic acids is 1. The van der Waals surface area contributed by atoms with Gasteiger partial charge in [-0.15, -0.1) is 0 Å². The number of carbonyl (C=O) groups is 2. The molecule has 1 aliphatic rings. The number of piperazine rings is 1. The molecule has 0 bridgehead atoms. The predicted molar refractivity (Wildman–Crippen MR) is 105 cm³/mol. The fraction of sp³-hybridized carbons (Fsp3) is 0.556. The number of rotatable bonds is 7. The second-order valence-corrected chi connectivity index (χ2v) is 8.39. The van der Waals surface area contributed by atoms with Crippen molar-refractivity contribution in [3.05, 3.63) is 24.3 Å². The predicted octanol–water partition coefficient (Wildman–Crippen LogP) is 1.16. The highest BCUT2D eigenvalue weighted by Gasteiger charge is 2.38. The number of hydrogen-bond donors (Lipinski definition) is 2. The summed E-state index contributed by atoms with van der Waals surface area (Å²) in [6.07, 6.45) is -4.44. The molecule has 0 unspecified atom stereocenters. The minimum atomic E-state index is -5.08. The van der Waals surface area contributed by atoms with Crippen molar-refractivity contribution in [2.45, 2.75) is 24.4 Å². The lowest BCUT2D eigenvalue weighted by atomic mass is 10.3. The number of aliphatic carboxylic acids is 1. The van der Waals surface area contributed by atoms with Gasteiger partial charge in [0.2, 0.25) is 15.9 Å². The number of carboxylic acid groups (broad SMARTS) is 1. The first-order valence-corrected chi connectivity index (χ1v) is 10.8. The molecule has 0 atom stereocenters. The lowest BCUT2D eigenvalue weighted by Gasteiger charge is -2.30. The van der Waals surface area contributed by atoms with Gasteiger partial charge in [0, 0.05) is 32.7 Å². The van der Waals surface area contributed by atoms with Crippen LogP contribution in [0.2, 0.25) is 0 Å². The summed E-state index contributed by atoms with van der Waals surface area (Å²) in [5.41, 5.74) is 0. The first kappa shape index (κ1) is 26.7. The summed E-state index contributed by atoms with van der Waals surface area (Å²) >= 11 is 0. The molecule has 1 amide bonds. The molecule has 1 aromatic rings. The summed E-state index contributed by atoms with van der Waals surface area (Å²) in [7, 11) is -2.18. The Morgan fingerprint density at radius 1 is 1.19 bits per heavy atom. The number of nitrogens with one attached hydrogen (secondary N) is 1. The average molecular weight is 469 g/mol. The second-order valence-electron chi connectivity index (χ2n) is 6.45. The van der Waals surface area contributed by atoms with Crippen LogP contribution in [0, 0.1) is 0 Å². The number of carbonyl (C=O) groups excluding carboxylic acids is 1. The molecule has 0 aromatic heterocycles. The summed E-state index contributed by atoms with van der Waals surface area (Å²) in [5.74, 6) is -2.32. The number of amides is 1. The molecule has 1 saturated heterocycles. The van der Waals surface area contributed by atoms with Crippen molar-refractivity contribution in [2.24, 2.45) is 0 Å². The van der Waals surface area contributed by atoms with Gasteiger partial charge >= 0.3 is 12.1 Å². The molecule has 1 fully saturated rings. The van der Waals surface area contributed by atoms with Crippen LogP contribution < -0.4 is 10.1 Å². The van der Waals surface area contributed by atoms with Gasteiger partial charge in [0.1, 0.15) is 5.75 Å². The van der Waals surface area contributed by atoms with Crippen LogP contribution in [0.3, 0.4) is 0 Å². The molecule has 176 valence electrons. The van der Waals surface area contributed by atoms with Gasteiger partial charge in [-0.3, -0.25) is 4.79 Å². The van der Waals surface area contributed by atoms with E-state index < -0.39 is 22.2 Å². The van der Waals surface area contributed by atoms with Gasteiger partial charge in [-0.2, -0.15) is 17.5 Å². The Morgan fingerprint density at radius 2 is 1.71 bits per heavy atom. The monoisotopic (exact) mass is 469 g/mol. The van der Waals surface area contributed by atoms with Crippen LogP contribution in [0.25, 0.3) is 0 Å². The van der Waals surface area contributed by atoms with E-state index in [2.05, 4.69) is 5.32 Å². The molecular formula is C18H26F3N3O6S. The van der Waals surface area contributed by atoms with Crippen molar-refractivity contribution < 1.29 is 41.0 Å². The van der Waals surface area contributed by atoms with E-state index in [-0.39, 0.29) is 17.3 Å². The quantitative estimate of drug-likeness (QED) is 0.616. The van der Waals surface area contributed by atoms with Gasteiger partial charge in [0.05, 0.1) is 18.6 Å². The van der Waals surface area contributed by atoms with E-state index in [0.717, 1.165) is 13.1 Å². The van der Waals surface area contributed by atoms with Crippen molar-refractivity contribution >= 4 is 21.9 Å². The fourth-order valence-corrected chi connectivity index (χ4v) is 4.08. The van der Waals surface area contributed by atoms with E-state index in [1.807, 2.05) is 6.92 Å². The molecule has 2 rings (SSSR count). The zero-order valence-electron chi connectivity index (χ0n) is 17.2. The van der Waals surface area contributed by atoms with Crippen LogP contribution in [-0.2, 0) is 19.6 Å². The summed E-state index contributed by atoms with van der Waals surface area (Å²) in [4.78, 5) is 23.2. The molecule has 1 heterocycles. The third-order valence-electron chi connectivity index (χ3n) is 4.19. The fourth-order valence-electron chi connectivity index (χ4n) is 2.60. The highest BCUT2D eigenvalue weighted by Crippen LogP contribution is 2.20. The maximum atomic E-state index is 12.8. The lowest BCUT2D eigenvalue weighted by molar-refractivity contribution is -0.192. The van der Waals surface area contributed by atoms with Gasteiger partial charge in [-0.25, -0.2) is 13.2 Å². The number of nitrogens with zero attached hydrogens (tertiary/aromatic N) is 2. The Labute approximate surface area is 178 Å². The number of sulfonamides is 1. The van der Waals surface area contributed by atoms with Crippen molar-refractivity contribution in [2.75, 3.05) is 46.4 Å². The lowest BCUT2D eigenvalue weighted by Crippen LogP contribution is -2.50. The standard InChI is InChI=1S/C16H25N3O4S.C2HF3O2/c1-3-10-19(13-16(20)18-11-8-17-9-12-18)24(21,22)15-6-4-14(23-2)5-7-15;3-2(4,5)1(6)7/h4-7,17H,3,8-13H2,1-2H3;(H,6,7). The molecular weight excluding hydrogens is 443 g/mol. The number of methoxy groups -OCH3 is 1. The Bertz CT molecular complexity index is 825. The van der Waals surface area contributed by atoms with Crippen LogP contribution in [0.4, 0.5) is 13.2 Å². The molecule has 0 aliphatic carbocycles. The van der Waals surface area contributed by atoms with Crippen molar-refractivity contribution in [3.8, 4) is 5.75 Å². The smallest absolute Gasteiger partial charge is 0.490 e. The first-order valence-electron chi connectivity index (χ1n) is 9.36. The third kappa shape index (κ3) is 8.34. The highest BCUT2D eigenvalue weighted by atomic mass is 32.2.